The zero-order valence-corrected chi connectivity index (χ0v) is 14.0. The van der Waals surface area contributed by atoms with Gasteiger partial charge in [-0.15, -0.1) is 0 Å². The normalized spacial score (nSPS) is 10.8. The Morgan fingerprint density at radius 1 is 0.800 bits per heavy atom. The lowest BCUT2D eigenvalue weighted by molar-refractivity contribution is 0.602. The molecule has 0 fully saturated rings. The van der Waals surface area contributed by atoms with Crippen LogP contribution in [0.4, 0.5) is 18.9 Å². The molecule has 3 rings (SSSR count). The van der Waals surface area contributed by atoms with Gasteiger partial charge in [-0.1, -0.05) is 24.3 Å². The predicted octanol–water partition coefficient (Wildman–Crippen LogP) is 6.00. The Bertz CT molecular complexity index is 899. The lowest BCUT2D eigenvalue weighted by atomic mass is 9.99. The Balaban J connectivity index is 1.94. The fraction of sp³-hybridized carbons (Fsp3) is 0.143. The molecule has 1 N–H and O–H groups in total. The van der Waals surface area contributed by atoms with E-state index in [1.54, 1.807) is 50.2 Å². The Labute approximate surface area is 145 Å². The van der Waals surface area contributed by atoms with Crippen LogP contribution in [0.3, 0.4) is 0 Å². The highest BCUT2D eigenvalue weighted by Gasteiger charge is 2.11. The van der Waals surface area contributed by atoms with Crippen molar-refractivity contribution in [2.75, 3.05) is 5.32 Å². The second kappa shape index (κ2) is 7.01. The molecule has 128 valence electrons. The average molecular weight is 341 g/mol. The van der Waals surface area contributed by atoms with Gasteiger partial charge in [-0.2, -0.15) is 0 Å². The number of rotatable bonds is 4. The number of halogens is 3. The SMILES string of the molecule is Cc1cc(-c2cccc(F)c2)cc(CNc2c(C)cccc2F)c1F. The van der Waals surface area contributed by atoms with Gasteiger partial charge in [0.05, 0.1) is 5.69 Å². The van der Waals surface area contributed by atoms with Crippen LogP contribution in [0.1, 0.15) is 16.7 Å². The van der Waals surface area contributed by atoms with Crippen LogP contribution in [0.25, 0.3) is 11.1 Å². The van der Waals surface area contributed by atoms with Gasteiger partial charge in [0.2, 0.25) is 0 Å². The lowest BCUT2D eigenvalue weighted by Gasteiger charge is -2.14. The molecule has 0 aromatic heterocycles. The van der Waals surface area contributed by atoms with Gasteiger partial charge in [0.25, 0.3) is 0 Å². The lowest BCUT2D eigenvalue weighted by Crippen LogP contribution is -2.06. The summed E-state index contributed by atoms with van der Waals surface area (Å²) in [6, 6.07) is 14.3. The largest absolute Gasteiger partial charge is 0.378 e. The number of nitrogens with one attached hydrogen (secondary N) is 1. The summed E-state index contributed by atoms with van der Waals surface area (Å²) in [5.74, 6) is -1.07. The molecule has 0 spiro atoms. The van der Waals surface area contributed by atoms with Crippen LogP contribution in [0.2, 0.25) is 0 Å². The molecule has 0 amide bonds. The number of aryl methyl sites for hydroxylation is 2. The summed E-state index contributed by atoms with van der Waals surface area (Å²) in [6.45, 7) is 3.59. The minimum atomic E-state index is -0.376. The van der Waals surface area contributed by atoms with Crippen LogP contribution in [0.5, 0.6) is 0 Å². The molecule has 25 heavy (non-hydrogen) atoms. The maximum absolute atomic E-state index is 14.5. The number of benzene rings is 3. The Morgan fingerprint density at radius 3 is 2.28 bits per heavy atom. The summed E-state index contributed by atoms with van der Waals surface area (Å²) in [5, 5.41) is 2.97. The molecule has 0 aliphatic carbocycles. The van der Waals surface area contributed by atoms with Crippen molar-refractivity contribution in [3.05, 3.63) is 88.7 Å². The van der Waals surface area contributed by atoms with Crippen molar-refractivity contribution in [3.8, 4) is 11.1 Å². The highest BCUT2D eigenvalue weighted by molar-refractivity contribution is 5.65. The molecule has 0 atom stereocenters. The first-order valence-electron chi connectivity index (χ1n) is 7.99. The predicted molar refractivity (Wildman–Crippen MR) is 95.0 cm³/mol. The van der Waals surface area contributed by atoms with Crippen molar-refractivity contribution in [1.29, 1.82) is 0 Å². The average Bonchev–Trinajstić information content (AvgIpc) is 2.58. The third-order valence-electron chi connectivity index (χ3n) is 4.17. The molecule has 0 unspecified atom stereocenters. The summed E-state index contributed by atoms with van der Waals surface area (Å²) < 4.78 is 41.9. The Kier molecular flexibility index (Phi) is 4.79. The quantitative estimate of drug-likeness (QED) is 0.614. The van der Waals surface area contributed by atoms with Gasteiger partial charge in [-0.3, -0.25) is 0 Å². The van der Waals surface area contributed by atoms with Crippen molar-refractivity contribution in [2.45, 2.75) is 20.4 Å². The van der Waals surface area contributed by atoms with E-state index in [4.69, 9.17) is 0 Å². The van der Waals surface area contributed by atoms with Gasteiger partial charge in [-0.25, -0.2) is 13.2 Å². The van der Waals surface area contributed by atoms with Crippen molar-refractivity contribution in [1.82, 2.24) is 0 Å². The van der Waals surface area contributed by atoms with Gasteiger partial charge in [0.15, 0.2) is 0 Å². The van der Waals surface area contributed by atoms with Crippen LogP contribution in [0, 0.1) is 31.3 Å². The highest BCUT2D eigenvalue weighted by Crippen LogP contribution is 2.27. The van der Waals surface area contributed by atoms with E-state index in [0.717, 1.165) is 11.1 Å². The molecule has 0 aliphatic rings. The van der Waals surface area contributed by atoms with Gasteiger partial charge >= 0.3 is 0 Å². The van der Waals surface area contributed by atoms with Gasteiger partial charge in [-0.05, 0) is 66.4 Å². The fourth-order valence-corrected chi connectivity index (χ4v) is 2.85. The molecule has 4 heteroatoms. The Hall–Kier alpha value is -2.75. The van der Waals surface area contributed by atoms with E-state index in [2.05, 4.69) is 5.32 Å². The molecule has 3 aromatic carbocycles. The van der Waals surface area contributed by atoms with E-state index in [0.29, 0.717) is 22.4 Å². The van der Waals surface area contributed by atoms with E-state index in [1.165, 1.54) is 18.2 Å². The topological polar surface area (TPSA) is 12.0 Å². The molecule has 1 nitrogen and oxygen atoms in total. The monoisotopic (exact) mass is 341 g/mol. The minimum absolute atomic E-state index is 0.137. The zero-order valence-electron chi connectivity index (χ0n) is 14.0. The van der Waals surface area contributed by atoms with Crippen LogP contribution in [0.15, 0.2) is 54.6 Å². The smallest absolute Gasteiger partial charge is 0.146 e. The summed E-state index contributed by atoms with van der Waals surface area (Å²) in [5.41, 5.74) is 3.37. The summed E-state index contributed by atoms with van der Waals surface area (Å²) >= 11 is 0. The van der Waals surface area contributed by atoms with E-state index < -0.39 is 0 Å². The van der Waals surface area contributed by atoms with E-state index in [9.17, 15) is 13.2 Å². The van der Waals surface area contributed by atoms with Crippen LogP contribution >= 0.6 is 0 Å². The number of para-hydroxylation sites is 1. The number of anilines is 1. The highest BCUT2D eigenvalue weighted by atomic mass is 19.1. The first-order chi connectivity index (χ1) is 12.0. The maximum Gasteiger partial charge on any atom is 0.146 e. The summed E-state index contributed by atoms with van der Waals surface area (Å²) in [4.78, 5) is 0. The molecule has 3 aromatic rings. The number of hydrogen-bond donors (Lipinski definition) is 1. The van der Waals surface area contributed by atoms with Gasteiger partial charge in [0, 0.05) is 12.1 Å². The Morgan fingerprint density at radius 2 is 1.56 bits per heavy atom. The van der Waals surface area contributed by atoms with Crippen molar-refractivity contribution < 1.29 is 13.2 Å². The van der Waals surface area contributed by atoms with Crippen molar-refractivity contribution >= 4 is 5.69 Å². The molecule has 0 aliphatic heterocycles. The van der Waals surface area contributed by atoms with Crippen molar-refractivity contribution in [3.63, 3.8) is 0 Å². The zero-order chi connectivity index (χ0) is 18.0. The van der Waals surface area contributed by atoms with E-state index >= 15 is 0 Å². The fourth-order valence-electron chi connectivity index (χ4n) is 2.85. The second-order valence-electron chi connectivity index (χ2n) is 6.06. The molecule has 0 saturated heterocycles. The van der Waals surface area contributed by atoms with Crippen LogP contribution < -0.4 is 5.32 Å². The molecular formula is C21H18F3N. The molecular weight excluding hydrogens is 323 g/mol. The van der Waals surface area contributed by atoms with Gasteiger partial charge < -0.3 is 5.32 Å². The summed E-state index contributed by atoms with van der Waals surface area (Å²) in [7, 11) is 0. The standard InChI is InChI=1S/C21H18F3N/c1-13-5-3-8-19(23)21(13)25-12-17-10-16(9-14(2)20(17)24)15-6-4-7-18(22)11-15/h3-11,25H,12H2,1-2H3. The first-order valence-corrected chi connectivity index (χ1v) is 7.99. The van der Waals surface area contributed by atoms with E-state index in [1.807, 2.05) is 0 Å². The molecule has 0 heterocycles. The van der Waals surface area contributed by atoms with E-state index in [-0.39, 0.29) is 24.0 Å². The molecule has 0 radical (unpaired) electrons. The van der Waals surface area contributed by atoms with Gasteiger partial charge in [0.1, 0.15) is 17.5 Å². The minimum Gasteiger partial charge on any atom is -0.378 e. The first kappa shape index (κ1) is 17.1. The summed E-state index contributed by atoms with van der Waals surface area (Å²) in [6.07, 6.45) is 0. The number of hydrogen-bond acceptors (Lipinski definition) is 1. The van der Waals surface area contributed by atoms with Crippen molar-refractivity contribution in [2.24, 2.45) is 0 Å². The third-order valence-corrected chi connectivity index (χ3v) is 4.17. The molecule has 0 saturated carbocycles. The maximum atomic E-state index is 14.5. The second-order valence-corrected chi connectivity index (χ2v) is 6.06. The molecule has 0 bridgehead atoms. The van der Waals surface area contributed by atoms with Crippen LogP contribution in [-0.4, -0.2) is 0 Å². The third kappa shape index (κ3) is 3.68. The van der Waals surface area contributed by atoms with Crippen LogP contribution in [-0.2, 0) is 6.54 Å².